The Morgan fingerprint density at radius 2 is 1.38 bits per heavy atom. The normalized spacial score (nSPS) is 15.8. The lowest BCUT2D eigenvalue weighted by atomic mass is 10.1. The number of methoxy groups -OCH3 is 1. The predicted molar refractivity (Wildman–Crippen MR) is 121 cm³/mol. The molecular formula is C26H26O6. The molecule has 0 aliphatic heterocycles. The van der Waals surface area contributed by atoms with Crippen LogP contribution in [-0.2, 0) is 14.4 Å². The molecule has 1 fully saturated rings. The highest BCUT2D eigenvalue weighted by Crippen LogP contribution is 2.33. The molecule has 32 heavy (non-hydrogen) atoms. The molecule has 2 aromatic carbocycles. The second-order valence-corrected chi connectivity index (χ2v) is 7.30. The lowest BCUT2D eigenvalue weighted by molar-refractivity contribution is -0.135. The molecule has 0 atom stereocenters. The fourth-order valence-corrected chi connectivity index (χ4v) is 3.27. The molecular weight excluding hydrogens is 408 g/mol. The maximum Gasteiger partial charge on any atom is 0.311 e. The first-order chi connectivity index (χ1) is 15.4. The van der Waals surface area contributed by atoms with E-state index in [4.69, 9.17) is 14.2 Å². The Balaban J connectivity index is 1.74. The standard InChI is InChI=1S/C26H26O6/c1-4-24(27)31-21-11-6-17(7-12-21)14-19-9-10-20(26(19)29)15-18-8-13-22(23(16-18)30-3)32-25(28)5-2/h6-8,11-16H,4-5,9-10H2,1-3H3/b19-14+,20-15+. The van der Waals surface area contributed by atoms with Gasteiger partial charge in [0.15, 0.2) is 17.3 Å². The summed E-state index contributed by atoms with van der Waals surface area (Å²) in [4.78, 5) is 35.8. The molecule has 166 valence electrons. The van der Waals surface area contributed by atoms with Crippen LogP contribution in [0.4, 0.5) is 0 Å². The average Bonchev–Trinajstić information content (AvgIpc) is 3.14. The van der Waals surface area contributed by atoms with Gasteiger partial charge in [0.1, 0.15) is 5.75 Å². The van der Waals surface area contributed by atoms with Crippen molar-refractivity contribution < 1.29 is 28.6 Å². The van der Waals surface area contributed by atoms with Crippen LogP contribution < -0.4 is 14.2 Å². The first-order valence-electron chi connectivity index (χ1n) is 10.6. The largest absolute Gasteiger partial charge is 0.493 e. The Hall–Kier alpha value is -3.67. The van der Waals surface area contributed by atoms with Crippen LogP contribution in [-0.4, -0.2) is 24.8 Å². The summed E-state index contributed by atoms with van der Waals surface area (Å²) in [6.45, 7) is 3.46. The van der Waals surface area contributed by atoms with E-state index in [2.05, 4.69) is 0 Å². The highest BCUT2D eigenvalue weighted by Gasteiger charge is 2.23. The van der Waals surface area contributed by atoms with E-state index in [1.807, 2.05) is 24.3 Å². The van der Waals surface area contributed by atoms with Crippen molar-refractivity contribution in [1.82, 2.24) is 0 Å². The van der Waals surface area contributed by atoms with Crippen molar-refractivity contribution >= 4 is 29.9 Å². The SMILES string of the molecule is CCC(=O)Oc1ccc(/C=C2\CC/C(=C\c3ccc(OC(=O)CC)c(OC)c3)C2=O)cc1. The molecule has 0 saturated heterocycles. The maximum atomic E-state index is 12.9. The molecule has 2 aromatic rings. The van der Waals surface area contributed by atoms with E-state index >= 15 is 0 Å². The third kappa shape index (κ3) is 5.72. The van der Waals surface area contributed by atoms with E-state index < -0.39 is 0 Å². The number of ketones is 1. The van der Waals surface area contributed by atoms with Gasteiger partial charge in [-0.15, -0.1) is 0 Å². The zero-order valence-electron chi connectivity index (χ0n) is 18.5. The fourth-order valence-electron chi connectivity index (χ4n) is 3.27. The molecule has 0 N–H and O–H groups in total. The topological polar surface area (TPSA) is 78.9 Å². The number of esters is 2. The van der Waals surface area contributed by atoms with E-state index in [9.17, 15) is 14.4 Å². The molecule has 0 radical (unpaired) electrons. The van der Waals surface area contributed by atoms with Crippen molar-refractivity contribution in [1.29, 1.82) is 0 Å². The van der Waals surface area contributed by atoms with E-state index in [0.717, 1.165) is 16.7 Å². The van der Waals surface area contributed by atoms with Gasteiger partial charge in [-0.2, -0.15) is 0 Å². The predicted octanol–water partition coefficient (Wildman–Crippen LogP) is 5.16. The van der Waals surface area contributed by atoms with Crippen molar-refractivity contribution in [3.05, 3.63) is 64.7 Å². The second-order valence-electron chi connectivity index (χ2n) is 7.30. The van der Waals surface area contributed by atoms with Crippen LogP contribution in [0.25, 0.3) is 12.2 Å². The Morgan fingerprint density at radius 1 is 0.812 bits per heavy atom. The number of rotatable bonds is 7. The quantitative estimate of drug-likeness (QED) is 0.340. The molecule has 0 heterocycles. The summed E-state index contributed by atoms with van der Waals surface area (Å²) in [6.07, 6.45) is 5.58. The van der Waals surface area contributed by atoms with Gasteiger partial charge in [-0.3, -0.25) is 14.4 Å². The summed E-state index contributed by atoms with van der Waals surface area (Å²) >= 11 is 0. The molecule has 1 aliphatic rings. The number of carbonyl (C=O) groups excluding carboxylic acids is 3. The Morgan fingerprint density at radius 3 is 1.97 bits per heavy atom. The maximum absolute atomic E-state index is 12.9. The number of carbonyl (C=O) groups is 3. The van der Waals surface area contributed by atoms with Crippen LogP contribution in [0.1, 0.15) is 50.7 Å². The molecule has 0 bridgehead atoms. The number of hydrogen-bond acceptors (Lipinski definition) is 6. The van der Waals surface area contributed by atoms with Crippen molar-refractivity contribution in [2.24, 2.45) is 0 Å². The monoisotopic (exact) mass is 434 g/mol. The van der Waals surface area contributed by atoms with Gasteiger partial charge in [-0.25, -0.2) is 0 Å². The average molecular weight is 434 g/mol. The molecule has 1 aliphatic carbocycles. The summed E-state index contributed by atoms with van der Waals surface area (Å²) in [7, 11) is 1.51. The zero-order valence-corrected chi connectivity index (χ0v) is 18.5. The van der Waals surface area contributed by atoms with Crippen LogP contribution in [0.3, 0.4) is 0 Å². The molecule has 0 amide bonds. The summed E-state index contributed by atoms with van der Waals surface area (Å²) in [5.41, 5.74) is 3.11. The van der Waals surface area contributed by atoms with Crippen molar-refractivity contribution in [3.8, 4) is 17.2 Å². The van der Waals surface area contributed by atoms with Crippen LogP contribution in [0.5, 0.6) is 17.2 Å². The highest BCUT2D eigenvalue weighted by atomic mass is 16.6. The first-order valence-corrected chi connectivity index (χ1v) is 10.6. The highest BCUT2D eigenvalue weighted by molar-refractivity contribution is 6.15. The summed E-state index contributed by atoms with van der Waals surface area (Å²) in [5, 5.41) is 0. The molecule has 0 spiro atoms. The van der Waals surface area contributed by atoms with Gasteiger partial charge in [0, 0.05) is 24.0 Å². The third-order valence-corrected chi connectivity index (χ3v) is 5.03. The van der Waals surface area contributed by atoms with E-state index in [1.165, 1.54) is 7.11 Å². The number of Topliss-reactive ketones (excluding diaryl/α,β-unsaturated/α-hetero) is 1. The Bertz CT molecular complexity index is 1080. The summed E-state index contributed by atoms with van der Waals surface area (Å²) in [6, 6.07) is 12.3. The second kappa shape index (κ2) is 10.6. The minimum Gasteiger partial charge on any atom is -0.493 e. The summed E-state index contributed by atoms with van der Waals surface area (Å²) < 4.78 is 15.8. The van der Waals surface area contributed by atoms with E-state index in [1.54, 1.807) is 44.2 Å². The minimum atomic E-state index is -0.341. The molecule has 6 heteroatoms. The Labute approximate surface area is 187 Å². The van der Waals surface area contributed by atoms with Gasteiger partial charge in [0.05, 0.1) is 7.11 Å². The molecule has 3 rings (SSSR count). The molecule has 0 aromatic heterocycles. The van der Waals surface area contributed by atoms with Gasteiger partial charge in [0.2, 0.25) is 0 Å². The lowest BCUT2D eigenvalue weighted by Gasteiger charge is -2.09. The van der Waals surface area contributed by atoms with Crippen molar-refractivity contribution in [3.63, 3.8) is 0 Å². The van der Waals surface area contributed by atoms with E-state index in [-0.39, 0.29) is 24.1 Å². The smallest absolute Gasteiger partial charge is 0.311 e. The van der Waals surface area contributed by atoms with E-state index in [0.29, 0.717) is 42.1 Å². The van der Waals surface area contributed by atoms with Gasteiger partial charge in [-0.05, 0) is 60.4 Å². The van der Waals surface area contributed by atoms with Crippen molar-refractivity contribution in [2.75, 3.05) is 7.11 Å². The first kappa shape index (κ1) is 23.0. The van der Waals surface area contributed by atoms with Gasteiger partial charge < -0.3 is 14.2 Å². The zero-order chi connectivity index (χ0) is 23.1. The van der Waals surface area contributed by atoms with Gasteiger partial charge in [0.25, 0.3) is 0 Å². The van der Waals surface area contributed by atoms with Crippen LogP contribution in [0.15, 0.2) is 53.6 Å². The van der Waals surface area contributed by atoms with Crippen LogP contribution in [0, 0.1) is 0 Å². The van der Waals surface area contributed by atoms with Crippen molar-refractivity contribution in [2.45, 2.75) is 39.5 Å². The third-order valence-electron chi connectivity index (χ3n) is 5.03. The van der Waals surface area contributed by atoms with Crippen LogP contribution >= 0.6 is 0 Å². The molecule has 0 unspecified atom stereocenters. The van der Waals surface area contributed by atoms with Crippen LogP contribution in [0.2, 0.25) is 0 Å². The van der Waals surface area contributed by atoms with Gasteiger partial charge in [-0.1, -0.05) is 32.0 Å². The minimum absolute atomic E-state index is 0.00643. The summed E-state index contributed by atoms with van der Waals surface area (Å²) in [5.74, 6) is 0.655. The number of hydrogen-bond donors (Lipinski definition) is 0. The molecule has 1 saturated carbocycles. The number of allylic oxidation sites excluding steroid dienone is 2. The Kier molecular flexibility index (Phi) is 7.60. The number of benzene rings is 2. The fraction of sp³-hybridized carbons (Fsp3) is 0.269. The van der Waals surface area contributed by atoms with Gasteiger partial charge >= 0.3 is 11.9 Å². The lowest BCUT2D eigenvalue weighted by Crippen LogP contribution is -2.06. The number of ether oxygens (including phenoxy) is 3. The molecule has 6 nitrogen and oxygen atoms in total.